The summed E-state index contributed by atoms with van der Waals surface area (Å²) in [6.45, 7) is 0.0313. The predicted molar refractivity (Wildman–Crippen MR) is 168 cm³/mol. The smallest absolute Gasteiger partial charge is 0.496 e. The molecule has 13 heteroatoms. The summed E-state index contributed by atoms with van der Waals surface area (Å²) in [5.74, 6) is -2.06. The summed E-state index contributed by atoms with van der Waals surface area (Å²) in [5.41, 5.74) is 3.74. The number of fused-ring (bicyclic) bond motifs is 1. The van der Waals surface area contributed by atoms with Crippen molar-refractivity contribution in [2.45, 2.75) is 31.8 Å². The highest BCUT2D eigenvalue weighted by molar-refractivity contribution is 6.31. The Kier molecular flexibility index (Phi) is 9.81. The molecule has 4 aromatic rings. The Labute approximate surface area is 273 Å². The zero-order valence-corrected chi connectivity index (χ0v) is 25.6. The maximum atomic E-state index is 14.6. The van der Waals surface area contributed by atoms with Crippen molar-refractivity contribution in [2.24, 2.45) is 0 Å². The highest BCUT2D eigenvalue weighted by Gasteiger charge is 2.33. The molecule has 0 radical (unpaired) electrons. The molecule has 1 aliphatic carbocycles. The fourth-order valence-corrected chi connectivity index (χ4v) is 5.88. The maximum absolute atomic E-state index is 14.6. The van der Waals surface area contributed by atoms with E-state index >= 15 is 0 Å². The number of hydrogen-bond donors (Lipinski definition) is 3. The molecule has 0 fully saturated rings. The molecule has 242 valence electrons. The lowest BCUT2D eigenvalue weighted by Crippen LogP contribution is -2.36. The van der Waals surface area contributed by atoms with E-state index in [4.69, 9.17) is 25.8 Å². The van der Waals surface area contributed by atoms with E-state index in [2.05, 4.69) is 4.74 Å². The SMILES string of the molecule is COc1ccc(Cl)cc1-c1cccc(CN(C(=O)c2cc(OC(=O)O)c(OC(=O)O)cc2OC(=O)O)[C@H]2CCCc3ccccc32)c1. The third-order valence-corrected chi connectivity index (χ3v) is 7.83. The van der Waals surface area contributed by atoms with Gasteiger partial charge in [-0.2, -0.15) is 0 Å². The molecular weight excluding hydrogens is 634 g/mol. The Bertz CT molecular complexity index is 1860. The number of amides is 1. The lowest BCUT2D eigenvalue weighted by Gasteiger charge is -2.36. The lowest BCUT2D eigenvalue weighted by molar-refractivity contribution is 0.0633. The van der Waals surface area contributed by atoms with Crippen LogP contribution in [0.15, 0.2) is 78.9 Å². The minimum Gasteiger partial charge on any atom is -0.496 e. The van der Waals surface area contributed by atoms with Crippen LogP contribution in [0.1, 0.15) is 45.9 Å². The first-order chi connectivity index (χ1) is 22.5. The quantitative estimate of drug-likeness (QED) is 0.118. The van der Waals surface area contributed by atoms with Crippen LogP contribution < -0.4 is 18.9 Å². The summed E-state index contributed by atoms with van der Waals surface area (Å²) in [6.07, 6.45) is -3.34. The molecule has 0 bridgehead atoms. The number of nitrogens with zero attached hydrogens (tertiary/aromatic N) is 1. The fraction of sp³-hybridized carbons (Fsp3) is 0.176. The standard InChI is InChI=1S/C34H28ClNO11/c1-44-27-13-12-22(35)15-24(27)21-9-4-6-19(14-21)18-36(26-11-5-8-20-7-2-3-10-23(20)26)31(37)25-16-29(46-33(40)41)30(47-34(42)43)17-28(25)45-32(38)39/h2-4,6-7,9-10,12-17,26H,5,8,11,18H2,1H3,(H,38,39)(H,40,41)(H,42,43)/t26-/m0/s1. The molecule has 0 heterocycles. The van der Waals surface area contributed by atoms with Crippen molar-refractivity contribution < 1.29 is 53.4 Å². The normalized spacial score (nSPS) is 13.5. The zero-order chi connectivity index (χ0) is 33.7. The molecule has 0 aromatic heterocycles. The van der Waals surface area contributed by atoms with Gasteiger partial charge in [-0.15, -0.1) is 0 Å². The van der Waals surface area contributed by atoms with Gasteiger partial charge in [0.05, 0.1) is 18.7 Å². The largest absolute Gasteiger partial charge is 0.511 e. The van der Waals surface area contributed by atoms with E-state index < -0.39 is 53.2 Å². The monoisotopic (exact) mass is 661 g/mol. The van der Waals surface area contributed by atoms with Crippen molar-refractivity contribution in [3.8, 4) is 34.1 Å². The van der Waals surface area contributed by atoms with E-state index in [1.165, 1.54) is 0 Å². The molecule has 3 N–H and O–H groups in total. The molecule has 12 nitrogen and oxygen atoms in total. The van der Waals surface area contributed by atoms with Crippen LogP contribution >= 0.6 is 11.6 Å². The van der Waals surface area contributed by atoms with Crippen LogP contribution in [0.4, 0.5) is 14.4 Å². The van der Waals surface area contributed by atoms with Crippen molar-refractivity contribution in [1.82, 2.24) is 4.90 Å². The fourth-order valence-electron chi connectivity index (χ4n) is 5.70. The Hall–Kier alpha value is -5.75. The average Bonchev–Trinajstić information content (AvgIpc) is 3.03. The van der Waals surface area contributed by atoms with E-state index in [9.17, 15) is 34.5 Å². The number of carbonyl (C=O) groups is 4. The summed E-state index contributed by atoms with van der Waals surface area (Å²) >= 11 is 6.29. The van der Waals surface area contributed by atoms with Crippen molar-refractivity contribution in [3.63, 3.8) is 0 Å². The third-order valence-electron chi connectivity index (χ3n) is 7.60. The number of aryl methyl sites for hydroxylation is 1. The zero-order valence-electron chi connectivity index (χ0n) is 24.8. The van der Waals surface area contributed by atoms with Crippen molar-refractivity contribution in [1.29, 1.82) is 0 Å². The van der Waals surface area contributed by atoms with Gasteiger partial charge >= 0.3 is 18.5 Å². The van der Waals surface area contributed by atoms with Crippen molar-refractivity contribution >= 4 is 36.0 Å². The average molecular weight is 662 g/mol. The van der Waals surface area contributed by atoms with E-state index in [0.717, 1.165) is 47.2 Å². The van der Waals surface area contributed by atoms with Gasteiger partial charge in [-0.3, -0.25) is 4.79 Å². The van der Waals surface area contributed by atoms with Gasteiger partial charge in [0.15, 0.2) is 17.2 Å². The van der Waals surface area contributed by atoms with Crippen LogP contribution in [0, 0.1) is 0 Å². The summed E-state index contributed by atoms with van der Waals surface area (Å²) in [7, 11) is 1.55. The lowest BCUT2D eigenvalue weighted by atomic mass is 9.86. The number of rotatable bonds is 9. The van der Waals surface area contributed by atoms with Crippen LogP contribution in [0.5, 0.6) is 23.0 Å². The molecule has 1 aliphatic rings. The molecule has 5 rings (SSSR count). The number of hydrogen-bond acceptors (Lipinski definition) is 8. The van der Waals surface area contributed by atoms with Gasteiger partial charge < -0.3 is 39.2 Å². The van der Waals surface area contributed by atoms with Crippen LogP contribution in [0.3, 0.4) is 0 Å². The molecule has 0 unspecified atom stereocenters. The third kappa shape index (κ3) is 7.56. The van der Waals surface area contributed by atoms with Crippen molar-refractivity contribution in [3.05, 3.63) is 106 Å². The van der Waals surface area contributed by atoms with Gasteiger partial charge in [-0.25, -0.2) is 14.4 Å². The number of methoxy groups -OCH3 is 1. The number of carboxylic acid groups (broad SMARTS) is 3. The Morgan fingerprint density at radius 3 is 2.17 bits per heavy atom. The summed E-state index contributed by atoms with van der Waals surface area (Å²) in [4.78, 5) is 50.6. The molecule has 0 saturated carbocycles. The Morgan fingerprint density at radius 2 is 1.47 bits per heavy atom. The number of carbonyl (C=O) groups excluding carboxylic acids is 1. The maximum Gasteiger partial charge on any atom is 0.511 e. The molecule has 0 saturated heterocycles. The van der Waals surface area contributed by atoms with E-state index in [1.54, 1.807) is 30.2 Å². The number of ether oxygens (including phenoxy) is 4. The molecule has 0 aliphatic heterocycles. The first kappa shape index (κ1) is 32.6. The second-order valence-corrected chi connectivity index (χ2v) is 10.9. The van der Waals surface area contributed by atoms with Gasteiger partial charge in [-0.1, -0.05) is 54.1 Å². The first-order valence-electron chi connectivity index (χ1n) is 14.3. The van der Waals surface area contributed by atoms with Gasteiger partial charge in [0.1, 0.15) is 5.75 Å². The minimum atomic E-state index is -1.84. The number of halogens is 1. The summed E-state index contributed by atoms with van der Waals surface area (Å²) < 4.78 is 19.8. The minimum absolute atomic E-state index is 0.0313. The summed E-state index contributed by atoms with van der Waals surface area (Å²) in [6, 6.07) is 21.5. The second-order valence-electron chi connectivity index (χ2n) is 10.5. The van der Waals surface area contributed by atoms with E-state index in [0.29, 0.717) is 22.8 Å². The second kappa shape index (κ2) is 14.1. The molecular formula is C34H28ClNO11. The number of benzene rings is 4. The van der Waals surface area contributed by atoms with Gasteiger partial charge in [0.2, 0.25) is 0 Å². The topological polar surface area (TPSA) is 169 Å². The molecule has 47 heavy (non-hydrogen) atoms. The van der Waals surface area contributed by atoms with Gasteiger partial charge in [0.25, 0.3) is 5.91 Å². The first-order valence-corrected chi connectivity index (χ1v) is 14.6. The van der Waals surface area contributed by atoms with Gasteiger partial charge in [-0.05, 0) is 65.8 Å². The molecule has 0 spiro atoms. The Morgan fingerprint density at radius 1 is 0.787 bits per heavy atom. The van der Waals surface area contributed by atoms with E-state index in [-0.39, 0.29) is 6.54 Å². The predicted octanol–water partition coefficient (Wildman–Crippen LogP) is 7.91. The summed E-state index contributed by atoms with van der Waals surface area (Å²) in [5, 5.41) is 28.4. The Balaban J connectivity index is 1.65. The van der Waals surface area contributed by atoms with Gasteiger partial charge in [0, 0.05) is 29.3 Å². The van der Waals surface area contributed by atoms with Crippen LogP contribution in [-0.4, -0.2) is 51.7 Å². The molecule has 1 atom stereocenters. The van der Waals surface area contributed by atoms with Crippen LogP contribution in [0.2, 0.25) is 5.02 Å². The molecule has 4 aromatic carbocycles. The molecule has 1 amide bonds. The van der Waals surface area contributed by atoms with E-state index in [1.807, 2.05) is 48.5 Å². The highest BCUT2D eigenvalue weighted by Crippen LogP contribution is 2.41. The van der Waals surface area contributed by atoms with Crippen LogP contribution in [0.25, 0.3) is 11.1 Å². The van der Waals surface area contributed by atoms with Crippen LogP contribution in [-0.2, 0) is 13.0 Å². The van der Waals surface area contributed by atoms with Crippen molar-refractivity contribution in [2.75, 3.05) is 7.11 Å². The highest BCUT2D eigenvalue weighted by atomic mass is 35.5.